The van der Waals surface area contributed by atoms with Crippen LogP contribution in [0.1, 0.15) is 17.5 Å². The van der Waals surface area contributed by atoms with Crippen LogP contribution in [-0.4, -0.2) is 38.1 Å². The van der Waals surface area contributed by atoms with Crippen molar-refractivity contribution in [1.82, 2.24) is 10.2 Å². The van der Waals surface area contributed by atoms with Crippen LogP contribution in [0.4, 0.5) is 0 Å². The number of carbonyl (C=O) groups is 1. The van der Waals surface area contributed by atoms with Crippen molar-refractivity contribution in [2.75, 3.05) is 27.3 Å². The molecule has 6 heteroatoms. The summed E-state index contributed by atoms with van der Waals surface area (Å²) in [6, 6.07) is 15.6. The molecule has 3 N–H and O–H groups in total. The van der Waals surface area contributed by atoms with Gasteiger partial charge in [-0.05, 0) is 35.4 Å². The van der Waals surface area contributed by atoms with Gasteiger partial charge >= 0.3 is 0 Å². The molecule has 3 rings (SSSR count). The first-order valence-corrected chi connectivity index (χ1v) is 9.33. The van der Waals surface area contributed by atoms with Gasteiger partial charge in [-0.15, -0.1) is 0 Å². The summed E-state index contributed by atoms with van der Waals surface area (Å²) < 4.78 is 10.4. The van der Waals surface area contributed by atoms with E-state index in [1.807, 2.05) is 48.5 Å². The van der Waals surface area contributed by atoms with E-state index in [4.69, 9.17) is 15.2 Å². The average Bonchev–Trinajstić information content (AvgIpc) is 2.74. The van der Waals surface area contributed by atoms with Gasteiger partial charge in [0.05, 0.1) is 14.2 Å². The van der Waals surface area contributed by atoms with Crippen LogP contribution < -0.4 is 20.5 Å². The van der Waals surface area contributed by atoms with E-state index in [9.17, 15) is 4.79 Å². The lowest BCUT2D eigenvalue weighted by Crippen LogP contribution is -2.39. The Balaban J connectivity index is 1.59. The van der Waals surface area contributed by atoms with E-state index in [1.54, 1.807) is 14.2 Å². The number of nitrogens with one attached hydrogen (secondary N) is 1. The largest absolute Gasteiger partial charge is 0.497 e. The van der Waals surface area contributed by atoms with E-state index in [0.29, 0.717) is 30.8 Å². The lowest BCUT2D eigenvalue weighted by molar-refractivity contribution is -0.118. The summed E-state index contributed by atoms with van der Waals surface area (Å²) in [5.74, 6) is 1.50. The second kappa shape index (κ2) is 9.28. The highest BCUT2D eigenvalue weighted by Gasteiger charge is 2.22. The summed E-state index contributed by atoms with van der Waals surface area (Å²) in [6.45, 7) is 2.58. The highest BCUT2D eigenvalue weighted by molar-refractivity contribution is 5.94. The minimum atomic E-state index is -0.111. The Morgan fingerprint density at radius 1 is 1.07 bits per heavy atom. The standard InChI is InChI=1S/C22H27N3O3/c1-27-18-8-6-16(7-9-18)14-25-11-10-21(23)20(15-25)22(26)24-13-17-4-3-5-19(12-17)28-2/h3-9,12H,10-11,13-15,23H2,1-2H3,(H,24,26). The molecule has 0 atom stereocenters. The molecule has 1 aliphatic heterocycles. The summed E-state index contributed by atoms with van der Waals surface area (Å²) in [4.78, 5) is 14.9. The van der Waals surface area contributed by atoms with Crippen LogP contribution >= 0.6 is 0 Å². The maximum Gasteiger partial charge on any atom is 0.250 e. The monoisotopic (exact) mass is 381 g/mol. The van der Waals surface area contributed by atoms with Gasteiger partial charge in [0.25, 0.3) is 5.91 Å². The Hall–Kier alpha value is -2.99. The number of carbonyl (C=O) groups excluding carboxylic acids is 1. The third kappa shape index (κ3) is 5.04. The van der Waals surface area contributed by atoms with Crippen molar-refractivity contribution in [3.63, 3.8) is 0 Å². The average molecular weight is 381 g/mol. The summed E-state index contributed by atoms with van der Waals surface area (Å²) >= 11 is 0. The van der Waals surface area contributed by atoms with Gasteiger partial charge in [0.2, 0.25) is 0 Å². The van der Waals surface area contributed by atoms with Gasteiger partial charge in [-0.2, -0.15) is 0 Å². The highest BCUT2D eigenvalue weighted by Crippen LogP contribution is 2.19. The number of ether oxygens (including phenoxy) is 2. The van der Waals surface area contributed by atoms with Crippen molar-refractivity contribution in [3.8, 4) is 11.5 Å². The molecule has 2 aromatic carbocycles. The smallest absolute Gasteiger partial charge is 0.250 e. The molecule has 2 aromatic rings. The Kier molecular flexibility index (Phi) is 6.55. The van der Waals surface area contributed by atoms with E-state index in [0.717, 1.165) is 30.2 Å². The zero-order valence-corrected chi connectivity index (χ0v) is 16.4. The number of benzene rings is 2. The van der Waals surface area contributed by atoms with Crippen molar-refractivity contribution in [2.45, 2.75) is 19.5 Å². The normalized spacial score (nSPS) is 14.6. The van der Waals surface area contributed by atoms with Gasteiger partial charge in [0.15, 0.2) is 0 Å². The van der Waals surface area contributed by atoms with Gasteiger partial charge in [-0.1, -0.05) is 24.3 Å². The maximum atomic E-state index is 12.7. The fourth-order valence-corrected chi connectivity index (χ4v) is 3.25. The second-order valence-electron chi connectivity index (χ2n) is 6.85. The van der Waals surface area contributed by atoms with Crippen LogP contribution in [-0.2, 0) is 17.9 Å². The summed E-state index contributed by atoms with van der Waals surface area (Å²) in [5, 5.41) is 2.97. The predicted molar refractivity (Wildman–Crippen MR) is 109 cm³/mol. The number of rotatable bonds is 7. The molecule has 0 aliphatic carbocycles. The Bertz CT molecular complexity index is 846. The zero-order valence-electron chi connectivity index (χ0n) is 16.4. The number of hydrogen-bond acceptors (Lipinski definition) is 5. The molecule has 0 fully saturated rings. The molecule has 0 aromatic heterocycles. The number of hydrogen-bond donors (Lipinski definition) is 2. The molecule has 0 saturated heterocycles. The number of amides is 1. The molecular weight excluding hydrogens is 354 g/mol. The molecule has 0 bridgehead atoms. The lowest BCUT2D eigenvalue weighted by Gasteiger charge is -2.29. The molecule has 1 heterocycles. The molecule has 6 nitrogen and oxygen atoms in total. The van der Waals surface area contributed by atoms with Crippen molar-refractivity contribution < 1.29 is 14.3 Å². The highest BCUT2D eigenvalue weighted by atomic mass is 16.5. The number of methoxy groups -OCH3 is 2. The number of nitrogens with two attached hydrogens (primary N) is 1. The molecule has 1 amide bonds. The molecule has 28 heavy (non-hydrogen) atoms. The minimum Gasteiger partial charge on any atom is -0.497 e. The molecule has 1 aliphatic rings. The SMILES string of the molecule is COc1ccc(CN2CCC(N)=C(C(=O)NCc3cccc(OC)c3)C2)cc1. The van der Waals surface area contributed by atoms with Crippen LogP contribution in [0.3, 0.4) is 0 Å². The molecule has 0 spiro atoms. The van der Waals surface area contributed by atoms with Crippen LogP contribution in [0.25, 0.3) is 0 Å². The molecule has 0 saturated carbocycles. The van der Waals surface area contributed by atoms with Crippen LogP contribution in [0.2, 0.25) is 0 Å². The first-order valence-electron chi connectivity index (χ1n) is 9.33. The van der Waals surface area contributed by atoms with E-state index in [2.05, 4.69) is 10.2 Å². The molecule has 148 valence electrons. The minimum absolute atomic E-state index is 0.111. The Labute approximate surface area is 165 Å². The van der Waals surface area contributed by atoms with Gasteiger partial charge in [0.1, 0.15) is 11.5 Å². The van der Waals surface area contributed by atoms with Gasteiger partial charge in [0, 0.05) is 43.9 Å². The van der Waals surface area contributed by atoms with Crippen LogP contribution in [0.5, 0.6) is 11.5 Å². The van der Waals surface area contributed by atoms with Crippen LogP contribution in [0.15, 0.2) is 59.8 Å². The first kappa shape index (κ1) is 19.8. The zero-order chi connectivity index (χ0) is 19.9. The third-order valence-electron chi connectivity index (χ3n) is 4.89. The number of nitrogens with zero attached hydrogens (tertiary/aromatic N) is 1. The van der Waals surface area contributed by atoms with Crippen molar-refractivity contribution in [3.05, 3.63) is 70.9 Å². The topological polar surface area (TPSA) is 76.8 Å². The van der Waals surface area contributed by atoms with Crippen molar-refractivity contribution in [2.24, 2.45) is 5.73 Å². The second-order valence-corrected chi connectivity index (χ2v) is 6.85. The fraction of sp³-hybridized carbons (Fsp3) is 0.318. The van der Waals surface area contributed by atoms with E-state index < -0.39 is 0 Å². The summed E-state index contributed by atoms with van der Waals surface area (Å²) in [6.07, 6.45) is 0.693. The molecule has 0 radical (unpaired) electrons. The first-order chi connectivity index (χ1) is 13.6. The quantitative estimate of drug-likeness (QED) is 0.770. The Morgan fingerprint density at radius 2 is 1.82 bits per heavy atom. The van der Waals surface area contributed by atoms with E-state index in [1.165, 1.54) is 5.56 Å². The van der Waals surface area contributed by atoms with E-state index >= 15 is 0 Å². The van der Waals surface area contributed by atoms with Gasteiger partial charge < -0.3 is 20.5 Å². The molecular formula is C22H27N3O3. The van der Waals surface area contributed by atoms with Crippen molar-refractivity contribution >= 4 is 5.91 Å². The predicted octanol–water partition coefficient (Wildman–Crippen LogP) is 2.44. The van der Waals surface area contributed by atoms with Gasteiger partial charge in [-0.25, -0.2) is 0 Å². The summed E-state index contributed by atoms with van der Waals surface area (Å²) in [7, 11) is 3.28. The molecule has 0 unspecified atom stereocenters. The fourth-order valence-electron chi connectivity index (χ4n) is 3.25. The third-order valence-corrected chi connectivity index (χ3v) is 4.89. The van der Waals surface area contributed by atoms with Crippen LogP contribution in [0, 0.1) is 0 Å². The maximum absolute atomic E-state index is 12.7. The van der Waals surface area contributed by atoms with Crippen molar-refractivity contribution in [1.29, 1.82) is 0 Å². The summed E-state index contributed by atoms with van der Waals surface area (Å²) in [5.41, 5.74) is 9.64. The van der Waals surface area contributed by atoms with Gasteiger partial charge in [-0.3, -0.25) is 9.69 Å². The van der Waals surface area contributed by atoms with E-state index in [-0.39, 0.29) is 5.91 Å². The lowest BCUT2D eigenvalue weighted by atomic mass is 10.0. The Morgan fingerprint density at radius 3 is 2.54 bits per heavy atom.